The predicted molar refractivity (Wildman–Crippen MR) is 89.3 cm³/mol. The fourth-order valence-corrected chi connectivity index (χ4v) is 3.08. The fourth-order valence-electron chi connectivity index (χ4n) is 3.08. The highest BCUT2D eigenvalue weighted by molar-refractivity contribution is 5.92. The Balaban J connectivity index is 1.59. The summed E-state index contributed by atoms with van der Waals surface area (Å²) in [6, 6.07) is 4.69. The van der Waals surface area contributed by atoms with Crippen LogP contribution in [0.2, 0.25) is 0 Å². The molecule has 2 aromatic rings. The number of anilines is 1. The molecule has 128 valence electrons. The maximum Gasteiger partial charge on any atom is 0.238 e. The Hall–Kier alpha value is -2.28. The number of aromatic amines is 1. The lowest BCUT2D eigenvalue weighted by Gasteiger charge is -2.30. The molecule has 7 heteroatoms. The summed E-state index contributed by atoms with van der Waals surface area (Å²) in [4.78, 5) is 18.7. The Labute approximate surface area is 140 Å². The second kappa shape index (κ2) is 7.09. The molecule has 3 rings (SSSR count). The van der Waals surface area contributed by atoms with E-state index in [4.69, 9.17) is 0 Å². The van der Waals surface area contributed by atoms with E-state index in [1.54, 1.807) is 12.1 Å². The zero-order valence-electron chi connectivity index (χ0n) is 14.0. The first-order chi connectivity index (χ1) is 11.5. The monoisotopic (exact) mass is 331 g/mol. The van der Waals surface area contributed by atoms with E-state index < -0.39 is 5.82 Å². The first-order valence-corrected chi connectivity index (χ1v) is 8.18. The number of aryl methyl sites for hydroxylation is 2. The van der Waals surface area contributed by atoms with Gasteiger partial charge in [-0.15, -0.1) is 0 Å². The number of aromatic nitrogens is 3. The summed E-state index contributed by atoms with van der Waals surface area (Å²) >= 11 is 0. The maximum absolute atomic E-state index is 13.7. The fraction of sp³-hybridized carbons (Fsp3) is 0.471. The molecule has 0 saturated carbocycles. The molecule has 1 aliphatic heterocycles. The van der Waals surface area contributed by atoms with Crippen molar-refractivity contribution in [3.63, 3.8) is 0 Å². The molecule has 1 atom stereocenters. The van der Waals surface area contributed by atoms with Gasteiger partial charge in [0, 0.05) is 12.5 Å². The molecule has 1 amide bonds. The van der Waals surface area contributed by atoms with Gasteiger partial charge in [0.15, 0.2) is 5.82 Å². The van der Waals surface area contributed by atoms with Crippen molar-refractivity contribution in [2.75, 3.05) is 25.0 Å². The molecule has 1 saturated heterocycles. The zero-order valence-corrected chi connectivity index (χ0v) is 14.0. The molecule has 1 aliphatic rings. The predicted octanol–water partition coefficient (Wildman–Crippen LogP) is 2.38. The average molecular weight is 331 g/mol. The van der Waals surface area contributed by atoms with Crippen LogP contribution in [0, 0.1) is 19.7 Å². The van der Waals surface area contributed by atoms with E-state index in [0.29, 0.717) is 0 Å². The van der Waals surface area contributed by atoms with Gasteiger partial charge in [-0.2, -0.15) is 5.10 Å². The number of halogens is 1. The molecule has 1 fully saturated rings. The highest BCUT2D eigenvalue weighted by Crippen LogP contribution is 2.24. The van der Waals surface area contributed by atoms with Crippen molar-refractivity contribution in [3.05, 3.63) is 41.2 Å². The number of benzene rings is 1. The van der Waals surface area contributed by atoms with Crippen molar-refractivity contribution >= 4 is 11.6 Å². The van der Waals surface area contributed by atoms with Crippen LogP contribution in [0.5, 0.6) is 0 Å². The van der Waals surface area contributed by atoms with Gasteiger partial charge in [-0.1, -0.05) is 6.07 Å². The number of nitrogens with one attached hydrogen (secondary N) is 2. The SMILES string of the molecule is Cc1ccc(F)c(NC(=O)CN2CCC[C@H](c3n[nH]c(C)n3)C2)c1. The molecule has 2 heterocycles. The molecule has 0 unspecified atom stereocenters. The summed E-state index contributed by atoms with van der Waals surface area (Å²) < 4.78 is 13.7. The van der Waals surface area contributed by atoms with Crippen LogP contribution in [-0.2, 0) is 4.79 Å². The van der Waals surface area contributed by atoms with Crippen LogP contribution >= 0.6 is 0 Å². The summed E-state index contributed by atoms with van der Waals surface area (Å²) in [7, 11) is 0. The number of rotatable bonds is 4. The minimum absolute atomic E-state index is 0.202. The minimum Gasteiger partial charge on any atom is -0.322 e. The van der Waals surface area contributed by atoms with Gasteiger partial charge in [0.25, 0.3) is 0 Å². The highest BCUT2D eigenvalue weighted by atomic mass is 19.1. The van der Waals surface area contributed by atoms with Gasteiger partial charge in [0.2, 0.25) is 5.91 Å². The van der Waals surface area contributed by atoms with Crippen molar-refractivity contribution in [2.24, 2.45) is 0 Å². The Kier molecular flexibility index (Phi) is 4.89. The summed E-state index contributed by atoms with van der Waals surface area (Å²) in [5.74, 6) is 1.22. The number of H-pyrrole nitrogens is 1. The third kappa shape index (κ3) is 3.97. The van der Waals surface area contributed by atoms with Crippen molar-refractivity contribution in [1.82, 2.24) is 20.1 Å². The lowest BCUT2D eigenvalue weighted by Crippen LogP contribution is -2.40. The molecule has 0 radical (unpaired) electrons. The van der Waals surface area contributed by atoms with Crippen LogP contribution in [0.1, 0.15) is 36.0 Å². The van der Waals surface area contributed by atoms with Crippen molar-refractivity contribution < 1.29 is 9.18 Å². The number of hydrogen-bond donors (Lipinski definition) is 2. The average Bonchev–Trinajstić information content (AvgIpc) is 2.98. The van der Waals surface area contributed by atoms with Gasteiger partial charge in [0.05, 0.1) is 12.2 Å². The minimum atomic E-state index is -0.415. The van der Waals surface area contributed by atoms with E-state index >= 15 is 0 Å². The normalized spacial score (nSPS) is 18.5. The largest absolute Gasteiger partial charge is 0.322 e. The third-order valence-corrected chi connectivity index (χ3v) is 4.25. The summed E-state index contributed by atoms with van der Waals surface area (Å²) in [5, 5.41) is 9.76. The summed E-state index contributed by atoms with van der Waals surface area (Å²) in [6.45, 7) is 5.57. The standard InChI is InChI=1S/C17H22FN5O/c1-11-5-6-14(18)15(8-11)20-16(24)10-23-7-3-4-13(9-23)17-19-12(2)21-22-17/h5-6,8,13H,3-4,7,9-10H2,1-2H3,(H,20,24)(H,19,21,22)/t13-/m0/s1. The zero-order chi connectivity index (χ0) is 17.1. The summed E-state index contributed by atoms with van der Waals surface area (Å²) in [5.41, 5.74) is 1.14. The van der Waals surface area contributed by atoms with E-state index in [1.165, 1.54) is 6.07 Å². The first kappa shape index (κ1) is 16.6. The van der Waals surface area contributed by atoms with Crippen LogP contribution in [0.15, 0.2) is 18.2 Å². The Morgan fingerprint density at radius 3 is 3.04 bits per heavy atom. The second-order valence-electron chi connectivity index (χ2n) is 6.38. The van der Waals surface area contributed by atoms with Crippen molar-refractivity contribution in [2.45, 2.75) is 32.6 Å². The number of hydrogen-bond acceptors (Lipinski definition) is 4. The Morgan fingerprint density at radius 1 is 1.46 bits per heavy atom. The topological polar surface area (TPSA) is 73.9 Å². The third-order valence-electron chi connectivity index (χ3n) is 4.25. The Bertz CT molecular complexity index is 730. The molecule has 24 heavy (non-hydrogen) atoms. The van der Waals surface area contributed by atoms with Gasteiger partial charge in [0.1, 0.15) is 11.6 Å². The number of carbonyl (C=O) groups excluding carboxylic acids is 1. The van der Waals surface area contributed by atoms with E-state index in [2.05, 4.69) is 25.4 Å². The van der Waals surface area contributed by atoms with Crippen molar-refractivity contribution in [1.29, 1.82) is 0 Å². The van der Waals surface area contributed by atoms with Gasteiger partial charge in [-0.05, 0) is 50.9 Å². The van der Waals surface area contributed by atoms with E-state index in [-0.39, 0.29) is 24.1 Å². The summed E-state index contributed by atoms with van der Waals surface area (Å²) in [6.07, 6.45) is 2.01. The molecule has 1 aromatic carbocycles. The molecule has 1 aromatic heterocycles. The molecule has 0 spiro atoms. The molecule has 0 bridgehead atoms. The van der Waals surface area contributed by atoms with E-state index in [9.17, 15) is 9.18 Å². The van der Waals surface area contributed by atoms with Crippen LogP contribution < -0.4 is 5.32 Å². The number of likely N-dealkylation sites (tertiary alicyclic amines) is 1. The quantitative estimate of drug-likeness (QED) is 0.902. The number of nitrogens with zero attached hydrogens (tertiary/aromatic N) is 3. The van der Waals surface area contributed by atoms with Gasteiger partial charge >= 0.3 is 0 Å². The van der Waals surface area contributed by atoms with Crippen molar-refractivity contribution in [3.8, 4) is 0 Å². The molecular weight excluding hydrogens is 309 g/mol. The smallest absolute Gasteiger partial charge is 0.238 e. The number of piperidine rings is 1. The van der Waals surface area contributed by atoms with Crippen LogP contribution in [-0.4, -0.2) is 45.6 Å². The van der Waals surface area contributed by atoms with Crippen LogP contribution in [0.25, 0.3) is 0 Å². The van der Waals surface area contributed by atoms with Gasteiger partial charge in [-0.3, -0.25) is 14.8 Å². The molecular formula is C17H22FN5O. The Morgan fingerprint density at radius 2 is 2.29 bits per heavy atom. The molecule has 0 aliphatic carbocycles. The lowest BCUT2D eigenvalue weighted by molar-refractivity contribution is -0.117. The second-order valence-corrected chi connectivity index (χ2v) is 6.38. The molecule has 6 nitrogen and oxygen atoms in total. The first-order valence-electron chi connectivity index (χ1n) is 8.18. The highest BCUT2D eigenvalue weighted by Gasteiger charge is 2.25. The van der Waals surface area contributed by atoms with Gasteiger partial charge < -0.3 is 5.32 Å². The van der Waals surface area contributed by atoms with Crippen LogP contribution in [0.3, 0.4) is 0 Å². The molecule has 2 N–H and O–H groups in total. The van der Waals surface area contributed by atoms with Gasteiger partial charge in [-0.25, -0.2) is 9.37 Å². The lowest BCUT2D eigenvalue weighted by atomic mass is 9.97. The maximum atomic E-state index is 13.7. The van der Waals surface area contributed by atoms with Crippen LogP contribution in [0.4, 0.5) is 10.1 Å². The number of amides is 1. The number of carbonyl (C=O) groups is 1. The van der Waals surface area contributed by atoms with E-state index in [0.717, 1.165) is 43.1 Å². The van der Waals surface area contributed by atoms with E-state index in [1.807, 2.05) is 13.8 Å².